The smallest absolute Gasteiger partial charge is 0.302 e. The van der Waals surface area contributed by atoms with Crippen LogP contribution in [0, 0.1) is 46.3 Å². The highest BCUT2D eigenvalue weighted by atomic mass is 16.5. The molecule has 8 atom stereocenters. The molecule has 4 rings (SSSR count). The Morgan fingerprint density at radius 2 is 1.84 bits per heavy atom. The molecule has 0 saturated heterocycles. The van der Waals surface area contributed by atoms with E-state index in [0.29, 0.717) is 10.8 Å². The molecule has 0 spiro atoms. The Balaban J connectivity index is 1.47. The van der Waals surface area contributed by atoms with Crippen LogP contribution >= 0.6 is 0 Å². The summed E-state index contributed by atoms with van der Waals surface area (Å²) in [4.78, 5) is 11.5. The maximum Gasteiger partial charge on any atom is 0.302 e. The topological polar surface area (TPSA) is 26.3 Å². The Bertz CT molecular complexity index is 693. The zero-order valence-corrected chi connectivity index (χ0v) is 21.2. The summed E-state index contributed by atoms with van der Waals surface area (Å²) in [7, 11) is 0. The second-order valence-electron chi connectivity index (χ2n) is 12.8. The van der Waals surface area contributed by atoms with Crippen LogP contribution < -0.4 is 0 Å². The number of hydrogen-bond acceptors (Lipinski definition) is 2. The molecule has 0 aliphatic heterocycles. The molecule has 4 aliphatic carbocycles. The van der Waals surface area contributed by atoms with E-state index < -0.39 is 0 Å². The third-order valence-electron chi connectivity index (χ3n) is 10.6. The highest BCUT2D eigenvalue weighted by Gasteiger charge is 2.59. The number of hydrogen-bond donors (Lipinski definition) is 0. The zero-order chi connectivity index (χ0) is 22.4. The normalized spacial score (nSPS) is 42.9. The van der Waals surface area contributed by atoms with E-state index >= 15 is 0 Å². The van der Waals surface area contributed by atoms with Gasteiger partial charge >= 0.3 is 5.97 Å². The lowest BCUT2D eigenvalue weighted by molar-refractivity contribution is -0.148. The Morgan fingerprint density at radius 3 is 2.55 bits per heavy atom. The van der Waals surface area contributed by atoms with Crippen LogP contribution in [0.3, 0.4) is 0 Å². The lowest BCUT2D eigenvalue weighted by Crippen LogP contribution is -2.51. The maximum atomic E-state index is 11.5. The Kier molecular flexibility index (Phi) is 6.68. The van der Waals surface area contributed by atoms with E-state index in [4.69, 9.17) is 4.74 Å². The predicted molar refractivity (Wildman–Crippen MR) is 129 cm³/mol. The second kappa shape index (κ2) is 8.86. The van der Waals surface area contributed by atoms with Gasteiger partial charge in [0.1, 0.15) is 6.10 Å². The van der Waals surface area contributed by atoms with Gasteiger partial charge in [0.2, 0.25) is 0 Å². The Hall–Kier alpha value is -0.790. The summed E-state index contributed by atoms with van der Waals surface area (Å²) in [5, 5.41) is 0. The molecule has 0 radical (unpaired) electrons. The average molecular weight is 429 g/mol. The first-order valence-corrected chi connectivity index (χ1v) is 13.5. The molecule has 4 aliphatic rings. The van der Waals surface area contributed by atoms with E-state index in [0.717, 1.165) is 48.3 Å². The second-order valence-corrected chi connectivity index (χ2v) is 12.8. The van der Waals surface area contributed by atoms with Gasteiger partial charge < -0.3 is 4.74 Å². The summed E-state index contributed by atoms with van der Waals surface area (Å²) >= 11 is 0. The van der Waals surface area contributed by atoms with Crippen LogP contribution in [0.5, 0.6) is 0 Å². The number of ether oxygens (including phenoxy) is 1. The third-order valence-corrected chi connectivity index (χ3v) is 10.6. The summed E-state index contributed by atoms with van der Waals surface area (Å²) in [6.07, 6.45) is 17.2. The van der Waals surface area contributed by atoms with Gasteiger partial charge in [-0.1, -0.05) is 65.5 Å². The minimum Gasteiger partial charge on any atom is -0.462 e. The number of esters is 1. The van der Waals surface area contributed by atoms with Crippen molar-refractivity contribution in [1.29, 1.82) is 0 Å². The average Bonchev–Trinajstić information content (AvgIpc) is 3.05. The molecule has 176 valence electrons. The lowest BCUT2D eigenvalue weighted by atomic mass is 9.47. The van der Waals surface area contributed by atoms with Crippen molar-refractivity contribution in [2.45, 2.75) is 118 Å². The number of carbonyl (C=O) groups excluding carboxylic acids is 1. The van der Waals surface area contributed by atoms with E-state index in [1.54, 1.807) is 12.5 Å². The van der Waals surface area contributed by atoms with Crippen molar-refractivity contribution in [2.24, 2.45) is 46.3 Å². The van der Waals surface area contributed by atoms with Crippen molar-refractivity contribution in [1.82, 2.24) is 0 Å². The van der Waals surface area contributed by atoms with E-state index in [9.17, 15) is 4.79 Å². The molecule has 3 fully saturated rings. The fourth-order valence-corrected chi connectivity index (χ4v) is 8.99. The van der Waals surface area contributed by atoms with Crippen LogP contribution in [0.1, 0.15) is 112 Å². The first-order valence-electron chi connectivity index (χ1n) is 13.5. The molecule has 7 unspecified atom stereocenters. The van der Waals surface area contributed by atoms with Gasteiger partial charge in [-0.25, -0.2) is 0 Å². The van der Waals surface area contributed by atoms with E-state index in [2.05, 4.69) is 40.7 Å². The minimum absolute atomic E-state index is 0.115. The third kappa shape index (κ3) is 4.26. The Labute approximate surface area is 192 Å². The lowest BCUT2D eigenvalue weighted by Gasteiger charge is -2.58. The number of fused-ring (bicyclic) bond motifs is 5. The van der Waals surface area contributed by atoms with Crippen molar-refractivity contribution < 1.29 is 9.53 Å². The molecule has 0 bridgehead atoms. The van der Waals surface area contributed by atoms with Crippen molar-refractivity contribution in [3.63, 3.8) is 0 Å². The number of rotatable bonds is 6. The summed E-state index contributed by atoms with van der Waals surface area (Å²) in [5.41, 5.74) is 2.53. The molecule has 3 saturated carbocycles. The Morgan fingerprint density at radius 1 is 1.06 bits per heavy atom. The van der Waals surface area contributed by atoms with Crippen LogP contribution in [0.25, 0.3) is 0 Å². The van der Waals surface area contributed by atoms with E-state index in [-0.39, 0.29) is 12.1 Å². The maximum absolute atomic E-state index is 11.5. The highest BCUT2D eigenvalue weighted by Crippen LogP contribution is 2.67. The minimum atomic E-state index is -0.115. The zero-order valence-electron chi connectivity index (χ0n) is 21.2. The molecule has 2 heteroatoms. The molecule has 0 heterocycles. The van der Waals surface area contributed by atoms with E-state index in [1.165, 1.54) is 57.8 Å². The molecule has 0 amide bonds. The largest absolute Gasteiger partial charge is 0.462 e. The fraction of sp³-hybridized carbons (Fsp3) is 0.897. The summed E-state index contributed by atoms with van der Waals surface area (Å²) in [6, 6.07) is 0. The molecule has 0 aromatic heterocycles. The molecule has 2 nitrogen and oxygen atoms in total. The van der Waals surface area contributed by atoms with Crippen LogP contribution in [0.4, 0.5) is 0 Å². The first kappa shape index (κ1) is 23.4. The molecular formula is C29H48O2. The van der Waals surface area contributed by atoms with Gasteiger partial charge in [-0.3, -0.25) is 4.79 Å². The summed E-state index contributed by atoms with van der Waals surface area (Å²) in [6.45, 7) is 14.1. The fourth-order valence-electron chi connectivity index (χ4n) is 8.99. The van der Waals surface area contributed by atoms with Crippen LogP contribution in [-0.4, -0.2) is 12.1 Å². The van der Waals surface area contributed by atoms with Crippen molar-refractivity contribution in [2.75, 3.05) is 0 Å². The highest BCUT2D eigenvalue weighted by molar-refractivity contribution is 5.66. The van der Waals surface area contributed by atoms with Crippen LogP contribution in [-0.2, 0) is 9.53 Å². The molecule has 0 aromatic carbocycles. The molecular weight excluding hydrogens is 380 g/mol. The SMILES string of the molecule is CC(=O)OC1CC[C@@]2(C)C(=CCC3C4CCC(C(C)CCCC(C)C)C4(C)CCC32)C1. The van der Waals surface area contributed by atoms with Crippen molar-refractivity contribution >= 4 is 5.97 Å². The monoisotopic (exact) mass is 428 g/mol. The van der Waals surface area contributed by atoms with Crippen LogP contribution in [0.2, 0.25) is 0 Å². The number of allylic oxidation sites excluding steroid dienone is 1. The standard InChI is InChI=1S/C29H48O2/c1-19(2)8-7-9-20(3)25-12-13-26-24-11-10-22-18-23(31-21(4)30)14-16-28(22,5)27(24)15-17-29(25,26)6/h10,19-20,23-27H,7-9,11-18H2,1-6H3/t20?,23?,24?,25?,26?,27?,28-,29?/m0/s1. The molecule has 31 heavy (non-hydrogen) atoms. The van der Waals surface area contributed by atoms with Gasteiger partial charge in [-0.2, -0.15) is 0 Å². The van der Waals surface area contributed by atoms with Crippen molar-refractivity contribution in [3.05, 3.63) is 11.6 Å². The predicted octanol–water partition coefficient (Wildman–Crippen LogP) is 7.96. The van der Waals surface area contributed by atoms with Crippen molar-refractivity contribution in [3.8, 4) is 0 Å². The van der Waals surface area contributed by atoms with Gasteiger partial charge in [0.05, 0.1) is 0 Å². The molecule has 0 N–H and O–H groups in total. The van der Waals surface area contributed by atoms with Gasteiger partial charge in [-0.15, -0.1) is 0 Å². The quantitative estimate of drug-likeness (QED) is 0.317. The van der Waals surface area contributed by atoms with E-state index in [1.807, 2.05) is 0 Å². The van der Waals surface area contributed by atoms with Gasteiger partial charge in [0.15, 0.2) is 0 Å². The van der Waals surface area contributed by atoms with Crippen LogP contribution in [0.15, 0.2) is 11.6 Å². The summed E-state index contributed by atoms with van der Waals surface area (Å²) < 4.78 is 5.61. The van der Waals surface area contributed by atoms with Gasteiger partial charge in [0, 0.05) is 13.3 Å². The van der Waals surface area contributed by atoms with Gasteiger partial charge in [0.25, 0.3) is 0 Å². The molecule has 0 aromatic rings. The number of carbonyl (C=O) groups is 1. The van der Waals surface area contributed by atoms with Gasteiger partial charge in [-0.05, 0) is 91.3 Å². The summed E-state index contributed by atoms with van der Waals surface area (Å²) in [5.74, 6) is 5.19. The first-order chi connectivity index (χ1) is 14.6.